The van der Waals surface area contributed by atoms with Gasteiger partial charge >= 0.3 is 0 Å². The van der Waals surface area contributed by atoms with Gasteiger partial charge in [-0.25, -0.2) is 0 Å². The van der Waals surface area contributed by atoms with E-state index in [1.54, 1.807) is 0 Å². The lowest BCUT2D eigenvalue weighted by atomic mass is 9.45. The van der Waals surface area contributed by atoms with Gasteiger partial charge in [-0.05, 0) is 56.8 Å². The summed E-state index contributed by atoms with van der Waals surface area (Å²) in [7, 11) is 0. The van der Waals surface area contributed by atoms with Gasteiger partial charge in [0.05, 0.1) is 25.9 Å². The Kier molecular flexibility index (Phi) is 7.43. The number of ketones is 1. The molecule has 11 atom stereocenters. The highest BCUT2D eigenvalue weighted by atomic mass is 16.7. The smallest absolute Gasteiger partial charge is 0.186 e. The van der Waals surface area contributed by atoms with E-state index in [1.807, 2.05) is 13.8 Å². The molecule has 2 saturated carbocycles. The first-order chi connectivity index (χ1) is 17.7. The lowest BCUT2D eigenvalue weighted by Crippen LogP contribution is -2.60. The van der Waals surface area contributed by atoms with Gasteiger partial charge in [-0.2, -0.15) is 0 Å². The molecule has 3 aliphatic carbocycles. The number of hydrogen-bond donors (Lipinski definition) is 4. The van der Waals surface area contributed by atoms with E-state index < -0.39 is 48.5 Å². The summed E-state index contributed by atoms with van der Waals surface area (Å²) in [6.07, 6.45) is 0.636. The molecule has 0 amide bonds. The van der Waals surface area contributed by atoms with Crippen molar-refractivity contribution in [1.82, 2.24) is 0 Å². The molecular formula is C29H46O9. The third-order valence-corrected chi connectivity index (χ3v) is 10.4. The molecule has 9 heteroatoms. The third-order valence-electron chi connectivity index (χ3n) is 10.4. The number of carbonyl (C=O) groups is 1. The largest absolute Gasteiger partial charge is 0.394 e. The van der Waals surface area contributed by atoms with E-state index in [4.69, 9.17) is 18.9 Å². The summed E-state index contributed by atoms with van der Waals surface area (Å²) in [6, 6.07) is 0. The maximum absolute atomic E-state index is 13.2. The fraction of sp³-hybridized carbons (Fsp3) is 0.897. The molecule has 0 aromatic carbocycles. The molecule has 4 N–H and O–H groups in total. The van der Waals surface area contributed by atoms with E-state index >= 15 is 0 Å². The van der Waals surface area contributed by atoms with Gasteiger partial charge in [0.1, 0.15) is 30.2 Å². The summed E-state index contributed by atoms with van der Waals surface area (Å²) < 4.78 is 23.8. The first kappa shape index (κ1) is 28.6. The Bertz CT molecular complexity index is 948. The van der Waals surface area contributed by atoms with E-state index in [9.17, 15) is 25.2 Å². The van der Waals surface area contributed by atoms with Crippen molar-refractivity contribution in [2.45, 2.75) is 116 Å². The summed E-state index contributed by atoms with van der Waals surface area (Å²) in [5, 5.41) is 40.2. The number of allylic oxidation sites excluding steroid dienone is 1. The number of Topliss-reactive ketones (excluding diaryl/α,β-unsaturated/α-hetero) is 1. The number of aliphatic hydroxyl groups excluding tert-OH is 4. The van der Waals surface area contributed by atoms with Crippen molar-refractivity contribution >= 4 is 5.78 Å². The molecule has 0 aromatic heterocycles. The van der Waals surface area contributed by atoms with Gasteiger partial charge in [-0.15, -0.1) is 0 Å². The van der Waals surface area contributed by atoms with Crippen LogP contribution in [0.1, 0.15) is 73.1 Å². The van der Waals surface area contributed by atoms with Gasteiger partial charge < -0.3 is 39.4 Å². The number of hydrogen-bond acceptors (Lipinski definition) is 9. The van der Waals surface area contributed by atoms with Gasteiger partial charge in [0.15, 0.2) is 12.1 Å². The number of aliphatic hydroxyl groups is 4. The summed E-state index contributed by atoms with van der Waals surface area (Å²) in [6.45, 7) is 10.8. The van der Waals surface area contributed by atoms with Crippen LogP contribution in [0.3, 0.4) is 0 Å². The Morgan fingerprint density at radius 3 is 2.42 bits per heavy atom. The van der Waals surface area contributed by atoms with Crippen LogP contribution in [0.25, 0.3) is 0 Å². The molecule has 2 heterocycles. The van der Waals surface area contributed by atoms with Gasteiger partial charge in [0.2, 0.25) is 0 Å². The van der Waals surface area contributed by atoms with Gasteiger partial charge in [0.25, 0.3) is 0 Å². The van der Waals surface area contributed by atoms with Crippen LogP contribution < -0.4 is 0 Å². The highest BCUT2D eigenvalue weighted by Crippen LogP contribution is 2.63. The minimum Gasteiger partial charge on any atom is -0.394 e. The van der Waals surface area contributed by atoms with Crippen LogP contribution in [0.4, 0.5) is 0 Å². The molecule has 0 bridgehead atoms. The molecule has 5 aliphatic rings. The molecule has 2 saturated heterocycles. The molecule has 216 valence electrons. The van der Waals surface area contributed by atoms with Crippen molar-refractivity contribution in [2.75, 3.05) is 19.8 Å². The summed E-state index contributed by atoms with van der Waals surface area (Å²) in [5.41, 5.74) is 0.650. The predicted octanol–water partition coefficient (Wildman–Crippen LogP) is 2.08. The third kappa shape index (κ3) is 4.81. The molecule has 4 fully saturated rings. The zero-order chi connectivity index (χ0) is 27.7. The average Bonchev–Trinajstić information content (AvgIpc) is 3.22. The second kappa shape index (κ2) is 9.87. The van der Waals surface area contributed by atoms with Crippen LogP contribution in [0.15, 0.2) is 11.6 Å². The number of rotatable bonds is 5. The lowest BCUT2D eigenvalue weighted by molar-refractivity contribution is -0.309. The van der Waals surface area contributed by atoms with E-state index in [0.717, 1.165) is 25.7 Å². The zero-order valence-electron chi connectivity index (χ0n) is 23.4. The predicted molar refractivity (Wildman–Crippen MR) is 137 cm³/mol. The lowest BCUT2D eigenvalue weighted by Gasteiger charge is -2.60. The molecule has 5 rings (SSSR count). The normalized spacial score (nSPS) is 50.8. The second-order valence-corrected chi connectivity index (χ2v) is 13.8. The fourth-order valence-corrected chi connectivity index (χ4v) is 8.47. The van der Waals surface area contributed by atoms with Crippen molar-refractivity contribution in [1.29, 1.82) is 0 Å². The Morgan fingerprint density at radius 1 is 1.03 bits per heavy atom. The quantitative estimate of drug-likeness (QED) is 0.388. The Balaban J connectivity index is 1.34. The Morgan fingerprint density at radius 2 is 1.76 bits per heavy atom. The van der Waals surface area contributed by atoms with Crippen LogP contribution in [-0.4, -0.2) is 88.6 Å². The number of ether oxygens (including phenoxy) is 4. The maximum atomic E-state index is 13.2. The summed E-state index contributed by atoms with van der Waals surface area (Å²) in [5.74, 6) is 0.188. The van der Waals surface area contributed by atoms with E-state index in [0.29, 0.717) is 25.4 Å². The van der Waals surface area contributed by atoms with E-state index in [1.165, 1.54) is 5.57 Å². The highest BCUT2D eigenvalue weighted by molar-refractivity contribution is 5.81. The minimum absolute atomic E-state index is 0.0154. The Labute approximate surface area is 225 Å². The van der Waals surface area contributed by atoms with Crippen molar-refractivity contribution in [2.24, 2.45) is 28.1 Å². The van der Waals surface area contributed by atoms with Gasteiger partial charge in [-0.1, -0.05) is 32.4 Å². The van der Waals surface area contributed by atoms with Crippen LogP contribution in [0.5, 0.6) is 0 Å². The number of carbonyl (C=O) groups excluding carboxylic acids is 1. The second-order valence-electron chi connectivity index (χ2n) is 13.8. The molecule has 11 unspecified atom stereocenters. The minimum atomic E-state index is -1.49. The fourth-order valence-electron chi connectivity index (χ4n) is 8.47. The van der Waals surface area contributed by atoms with Crippen LogP contribution >= 0.6 is 0 Å². The van der Waals surface area contributed by atoms with Crippen LogP contribution in [0, 0.1) is 28.1 Å². The van der Waals surface area contributed by atoms with Crippen molar-refractivity contribution < 1.29 is 44.2 Å². The monoisotopic (exact) mass is 538 g/mol. The summed E-state index contributed by atoms with van der Waals surface area (Å²) in [4.78, 5) is 13.2. The van der Waals surface area contributed by atoms with Crippen molar-refractivity contribution in [3.05, 3.63) is 11.6 Å². The molecule has 0 aromatic rings. The molecular weight excluding hydrogens is 492 g/mol. The first-order valence-electron chi connectivity index (χ1n) is 14.2. The topological polar surface area (TPSA) is 135 Å². The molecule has 0 radical (unpaired) electrons. The van der Waals surface area contributed by atoms with Crippen molar-refractivity contribution in [3.8, 4) is 0 Å². The van der Waals surface area contributed by atoms with Gasteiger partial charge in [-0.3, -0.25) is 4.79 Å². The van der Waals surface area contributed by atoms with Crippen LogP contribution in [0.2, 0.25) is 0 Å². The average molecular weight is 539 g/mol. The Hall–Kier alpha value is -0.910. The van der Waals surface area contributed by atoms with E-state index in [2.05, 4.69) is 26.8 Å². The highest BCUT2D eigenvalue weighted by Gasteiger charge is 2.59. The summed E-state index contributed by atoms with van der Waals surface area (Å²) >= 11 is 0. The first-order valence-corrected chi connectivity index (χ1v) is 14.2. The SMILES string of the molecule is CC1(C)OCC(C2(C)C=C3CCC4C(C)(COC5OC(CO)C(O)C(O)C5O)CC(=O)CC4(C)C3CC2)O1. The van der Waals surface area contributed by atoms with E-state index in [-0.39, 0.29) is 35.2 Å². The molecule has 9 nitrogen and oxygen atoms in total. The molecule has 2 aliphatic heterocycles. The van der Waals surface area contributed by atoms with Gasteiger partial charge in [0, 0.05) is 23.7 Å². The maximum Gasteiger partial charge on any atom is 0.186 e. The zero-order valence-corrected chi connectivity index (χ0v) is 23.4. The molecule has 38 heavy (non-hydrogen) atoms. The standard InChI is InChI=1S/C29H46O9/c1-26(2)36-14-21(38-26)27(3)9-8-18-16(10-27)6-7-20-28(4,11-17(31)12-29(18,20)5)15-35-25-24(34)23(33)22(32)19(13-30)37-25/h10,18-25,30,32-34H,6-9,11-15H2,1-5H3. The molecule has 0 spiro atoms. The van der Waals surface area contributed by atoms with Crippen LogP contribution in [-0.2, 0) is 23.7 Å². The van der Waals surface area contributed by atoms with Crippen molar-refractivity contribution in [3.63, 3.8) is 0 Å². The number of fused-ring (bicyclic) bond motifs is 3.